The fourth-order valence-corrected chi connectivity index (χ4v) is 1.31. The fraction of sp³-hybridized carbons (Fsp3) is 0. The van der Waals surface area contributed by atoms with Crippen molar-refractivity contribution in [3.8, 4) is 5.75 Å². The lowest BCUT2D eigenvalue weighted by molar-refractivity contribution is 0.360. The van der Waals surface area contributed by atoms with Crippen molar-refractivity contribution in [1.82, 2.24) is 0 Å². The standard InChI is InChI=1S/C10H8NO.ClH/c11-9-5-1-4-8-7(9)3-2-6-10(8)12;/h1-6H,11H2;1H. The van der Waals surface area contributed by atoms with E-state index >= 15 is 0 Å². The third-order valence-corrected chi connectivity index (χ3v) is 1.92. The SMILES string of the molecule is Cl.Nc1cccc2c([O])cccc12. The van der Waals surface area contributed by atoms with Crippen LogP contribution in [0.3, 0.4) is 0 Å². The maximum Gasteiger partial charge on any atom is 0.186 e. The predicted octanol–water partition coefficient (Wildman–Crippen LogP) is 2.99. The lowest BCUT2D eigenvalue weighted by Gasteiger charge is -2.00. The quantitative estimate of drug-likeness (QED) is 0.644. The van der Waals surface area contributed by atoms with Crippen LogP contribution in [0.15, 0.2) is 36.4 Å². The van der Waals surface area contributed by atoms with Gasteiger partial charge < -0.3 is 5.73 Å². The highest BCUT2D eigenvalue weighted by Crippen LogP contribution is 2.28. The van der Waals surface area contributed by atoms with Crippen molar-refractivity contribution >= 4 is 28.9 Å². The van der Waals surface area contributed by atoms with E-state index in [4.69, 9.17) is 5.73 Å². The summed E-state index contributed by atoms with van der Waals surface area (Å²) in [5.41, 5.74) is 6.34. The molecular formula is C10H9ClNO. The monoisotopic (exact) mass is 194 g/mol. The van der Waals surface area contributed by atoms with Crippen LogP contribution < -0.4 is 5.73 Å². The molecule has 2 aromatic rings. The summed E-state index contributed by atoms with van der Waals surface area (Å²) in [6.07, 6.45) is 0. The highest BCUT2D eigenvalue weighted by molar-refractivity contribution is 5.96. The second-order valence-electron chi connectivity index (χ2n) is 2.70. The van der Waals surface area contributed by atoms with Gasteiger partial charge in [-0.25, -0.2) is 0 Å². The number of hydrogen-bond acceptors (Lipinski definition) is 1. The minimum absolute atomic E-state index is 0. The molecular weight excluding hydrogens is 186 g/mol. The summed E-state index contributed by atoms with van der Waals surface area (Å²) < 4.78 is 0. The van der Waals surface area contributed by atoms with E-state index in [2.05, 4.69) is 0 Å². The first-order valence-electron chi connectivity index (χ1n) is 3.73. The van der Waals surface area contributed by atoms with Crippen LogP contribution in [-0.2, 0) is 5.11 Å². The second kappa shape index (κ2) is 3.54. The molecule has 0 aliphatic carbocycles. The molecule has 1 radical (unpaired) electrons. The number of anilines is 1. The highest BCUT2D eigenvalue weighted by Gasteiger charge is 2.01. The zero-order chi connectivity index (χ0) is 8.55. The van der Waals surface area contributed by atoms with Gasteiger partial charge in [0.1, 0.15) is 0 Å². The molecule has 0 spiro atoms. The average molecular weight is 195 g/mol. The van der Waals surface area contributed by atoms with Gasteiger partial charge >= 0.3 is 0 Å². The molecule has 0 saturated carbocycles. The van der Waals surface area contributed by atoms with Gasteiger partial charge in [0.25, 0.3) is 0 Å². The van der Waals surface area contributed by atoms with Crippen LogP contribution in [0.2, 0.25) is 0 Å². The van der Waals surface area contributed by atoms with Gasteiger partial charge in [0.05, 0.1) is 0 Å². The Bertz CT molecular complexity index is 387. The molecule has 2 N–H and O–H groups in total. The molecule has 2 nitrogen and oxygen atoms in total. The van der Waals surface area contributed by atoms with Crippen LogP contribution in [0.1, 0.15) is 0 Å². The average Bonchev–Trinajstić information content (AvgIpc) is 2.07. The topological polar surface area (TPSA) is 45.9 Å². The van der Waals surface area contributed by atoms with Crippen molar-refractivity contribution < 1.29 is 5.11 Å². The molecule has 0 fully saturated rings. The van der Waals surface area contributed by atoms with Crippen molar-refractivity contribution in [2.45, 2.75) is 0 Å². The Balaban J connectivity index is 0.000000845. The lowest BCUT2D eigenvalue weighted by atomic mass is 10.1. The van der Waals surface area contributed by atoms with Crippen LogP contribution in [0.5, 0.6) is 5.75 Å². The number of halogens is 1. The van der Waals surface area contributed by atoms with Crippen molar-refractivity contribution in [3.63, 3.8) is 0 Å². The van der Waals surface area contributed by atoms with Gasteiger partial charge in [-0.15, -0.1) is 12.4 Å². The highest BCUT2D eigenvalue weighted by atomic mass is 35.5. The smallest absolute Gasteiger partial charge is 0.186 e. The number of nitrogens with two attached hydrogens (primary N) is 1. The Morgan fingerprint density at radius 2 is 1.54 bits per heavy atom. The lowest BCUT2D eigenvalue weighted by Crippen LogP contribution is -1.85. The number of nitrogen functional groups attached to an aromatic ring is 1. The Labute approximate surface area is 82.4 Å². The molecule has 0 aliphatic heterocycles. The Hall–Kier alpha value is -1.41. The summed E-state index contributed by atoms with van der Waals surface area (Å²) in [7, 11) is 0. The van der Waals surface area contributed by atoms with E-state index < -0.39 is 0 Å². The van der Waals surface area contributed by atoms with Crippen LogP contribution >= 0.6 is 12.4 Å². The molecule has 0 aromatic heterocycles. The molecule has 67 valence electrons. The molecule has 0 unspecified atom stereocenters. The predicted molar refractivity (Wildman–Crippen MR) is 55.7 cm³/mol. The maximum atomic E-state index is 11.3. The van der Waals surface area contributed by atoms with Crippen molar-refractivity contribution in [2.75, 3.05) is 5.73 Å². The first-order chi connectivity index (χ1) is 5.79. The molecule has 0 bridgehead atoms. The van der Waals surface area contributed by atoms with E-state index in [1.807, 2.05) is 6.07 Å². The van der Waals surface area contributed by atoms with Crippen molar-refractivity contribution in [3.05, 3.63) is 36.4 Å². The van der Waals surface area contributed by atoms with Gasteiger partial charge in [-0.2, -0.15) is 0 Å². The summed E-state index contributed by atoms with van der Waals surface area (Å²) in [5.74, 6) is 0.0276. The summed E-state index contributed by atoms with van der Waals surface area (Å²) >= 11 is 0. The number of benzene rings is 2. The molecule has 0 heterocycles. The largest absolute Gasteiger partial charge is 0.398 e. The molecule has 3 heteroatoms. The second-order valence-corrected chi connectivity index (χ2v) is 2.70. The normalized spacial score (nSPS) is 9.54. The molecule has 0 saturated heterocycles. The third-order valence-electron chi connectivity index (χ3n) is 1.92. The first-order valence-corrected chi connectivity index (χ1v) is 3.73. The molecule has 0 aliphatic rings. The van der Waals surface area contributed by atoms with E-state index in [1.165, 1.54) is 0 Å². The van der Waals surface area contributed by atoms with Crippen LogP contribution in [0, 0.1) is 0 Å². The molecule has 13 heavy (non-hydrogen) atoms. The van der Waals surface area contributed by atoms with E-state index in [9.17, 15) is 5.11 Å². The summed E-state index contributed by atoms with van der Waals surface area (Å²) in [6.45, 7) is 0. The molecule has 2 rings (SSSR count). The Morgan fingerprint density at radius 3 is 2.23 bits per heavy atom. The first kappa shape index (κ1) is 9.68. The molecule has 0 atom stereocenters. The van der Waals surface area contributed by atoms with Crippen LogP contribution in [0.4, 0.5) is 5.69 Å². The Morgan fingerprint density at radius 1 is 0.923 bits per heavy atom. The zero-order valence-electron chi connectivity index (χ0n) is 6.86. The number of rotatable bonds is 0. The summed E-state index contributed by atoms with van der Waals surface area (Å²) in [5, 5.41) is 12.8. The van der Waals surface area contributed by atoms with Crippen LogP contribution in [-0.4, -0.2) is 0 Å². The van der Waals surface area contributed by atoms with Gasteiger partial charge in [-0.3, -0.25) is 5.11 Å². The van der Waals surface area contributed by atoms with Gasteiger partial charge in [0.15, 0.2) is 5.75 Å². The fourth-order valence-electron chi connectivity index (χ4n) is 1.31. The minimum Gasteiger partial charge on any atom is -0.398 e. The zero-order valence-corrected chi connectivity index (χ0v) is 7.67. The number of hydrogen-bond donors (Lipinski definition) is 1. The van der Waals surface area contributed by atoms with Gasteiger partial charge in [-0.05, 0) is 12.1 Å². The Kier molecular flexibility index (Phi) is 2.63. The third kappa shape index (κ3) is 1.53. The molecule has 2 aromatic carbocycles. The van der Waals surface area contributed by atoms with Crippen molar-refractivity contribution in [1.29, 1.82) is 0 Å². The minimum atomic E-state index is 0. The summed E-state index contributed by atoms with van der Waals surface area (Å²) in [4.78, 5) is 0. The van der Waals surface area contributed by atoms with Gasteiger partial charge in [0.2, 0.25) is 0 Å². The number of fused-ring (bicyclic) bond motifs is 1. The van der Waals surface area contributed by atoms with Gasteiger partial charge in [-0.1, -0.05) is 24.3 Å². The summed E-state index contributed by atoms with van der Waals surface area (Å²) in [6, 6.07) is 10.5. The van der Waals surface area contributed by atoms with Gasteiger partial charge in [0, 0.05) is 16.5 Å². The van der Waals surface area contributed by atoms with E-state index in [1.54, 1.807) is 30.3 Å². The molecule has 0 amide bonds. The van der Waals surface area contributed by atoms with E-state index in [0.29, 0.717) is 11.1 Å². The van der Waals surface area contributed by atoms with Crippen molar-refractivity contribution in [2.24, 2.45) is 0 Å². The van der Waals surface area contributed by atoms with E-state index in [-0.39, 0.29) is 18.2 Å². The van der Waals surface area contributed by atoms with E-state index in [0.717, 1.165) is 5.39 Å². The van der Waals surface area contributed by atoms with Crippen LogP contribution in [0.25, 0.3) is 10.8 Å². The maximum absolute atomic E-state index is 11.3.